The van der Waals surface area contributed by atoms with Crippen molar-refractivity contribution in [3.63, 3.8) is 0 Å². The van der Waals surface area contributed by atoms with Crippen LogP contribution in [0, 0.1) is 5.92 Å². The van der Waals surface area contributed by atoms with E-state index in [0.717, 1.165) is 11.1 Å². The van der Waals surface area contributed by atoms with Gasteiger partial charge in [-0.3, -0.25) is 9.59 Å². The van der Waals surface area contributed by atoms with E-state index < -0.39 is 29.6 Å². The maximum atomic E-state index is 12.6. The van der Waals surface area contributed by atoms with Gasteiger partial charge in [0.2, 0.25) is 0 Å². The van der Waals surface area contributed by atoms with Crippen molar-refractivity contribution in [2.45, 2.75) is 46.0 Å². The molecule has 1 amide bonds. The first kappa shape index (κ1) is 23.9. The summed E-state index contributed by atoms with van der Waals surface area (Å²) in [7, 11) is 0. The van der Waals surface area contributed by atoms with Gasteiger partial charge in [0.05, 0.1) is 12.3 Å². The summed E-state index contributed by atoms with van der Waals surface area (Å²) in [6.45, 7) is 5.29. The molecule has 0 aromatic heterocycles. The third-order valence-corrected chi connectivity index (χ3v) is 4.10. The van der Waals surface area contributed by atoms with Gasteiger partial charge in [-0.2, -0.15) is 0 Å². The molecule has 0 aliphatic rings. The average molecular weight is 427 g/mol. The Labute approximate surface area is 182 Å². The lowest BCUT2D eigenvalue weighted by Gasteiger charge is -2.22. The molecule has 0 saturated carbocycles. The monoisotopic (exact) mass is 427 g/mol. The van der Waals surface area contributed by atoms with E-state index in [9.17, 15) is 14.4 Å². The van der Waals surface area contributed by atoms with Crippen LogP contribution in [-0.2, 0) is 37.0 Å². The molecule has 166 valence electrons. The average Bonchev–Trinajstić information content (AvgIpc) is 2.73. The molecule has 0 fully saturated rings. The molecule has 0 radical (unpaired) electrons. The molecule has 0 heterocycles. The van der Waals surface area contributed by atoms with Crippen molar-refractivity contribution < 1.29 is 28.6 Å². The van der Waals surface area contributed by atoms with Crippen molar-refractivity contribution in [2.24, 2.45) is 5.92 Å². The highest BCUT2D eigenvalue weighted by atomic mass is 16.6. The molecular formula is C24H29NO6. The number of nitrogens with one attached hydrogen (secondary N) is 1. The summed E-state index contributed by atoms with van der Waals surface area (Å²) in [5.74, 6) is -2.05. The van der Waals surface area contributed by atoms with Crippen LogP contribution >= 0.6 is 0 Å². The third-order valence-electron chi connectivity index (χ3n) is 4.10. The van der Waals surface area contributed by atoms with Gasteiger partial charge in [-0.05, 0) is 31.9 Å². The second-order valence-corrected chi connectivity index (χ2v) is 8.02. The van der Waals surface area contributed by atoms with Crippen molar-refractivity contribution in [1.29, 1.82) is 0 Å². The van der Waals surface area contributed by atoms with Gasteiger partial charge >= 0.3 is 18.0 Å². The van der Waals surface area contributed by atoms with E-state index in [1.165, 1.54) is 0 Å². The van der Waals surface area contributed by atoms with Crippen molar-refractivity contribution >= 4 is 18.0 Å². The first-order chi connectivity index (χ1) is 14.7. The molecule has 1 N–H and O–H groups in total. The van der Waals surface area contributed by atoms with Gasteiger partial charge in [0.25, 0.3) is 0 Å². The zero-order valence-electron chi connectivity index (χ0n) is 18.1. The van der Waals surface area contributed by atoms with Gasteiger partial charge in [0, 0.05) is 6.54 Å². The minimum atomic E-state index is -0.900. The number of benzene rings is 2. The summed E-state index contributed by atoms with van der Waals surface area (Å²) in [5, 5.41) is 2.53. The molecule has 2 rings (SSSR count). The van der Waals surface area contributed by atoms with Crippen LogP contribution in [0.2, 0.25) is 0 Å². The Morgan fingerprint density at radius 3 is 1.87 bits per heavy atom. The lowest BCUT2D eigenvalue weighted by atomic mass is 10.1. The number of carbonyl (C=O) groups excluding carboxylic acids is 3. The molecule has 1 atom stereocenters. The number of amides is 1. The van der Waals surface area contributed by atoms with Crippen LogP contribution in [0.15, 0.2) is 60.7 Å². The van der Waals surface area contributed by atoms with E-state index in [2.05, 4.69) is 5.32 Å². The fraction of sp³-hybridized carbons (Fsp3) is 0.375. The fourth-order valence-corrected chi connectivity index (χ4v) is 2.65. The molecule has 2 aromatic rings. The van der Waals surface area contributed by atoms with Gasteiger partial charge in [-0.1, -0.05) is 60.7 Å². The van der Waals surface area contributed by atoms with Crippen LogP contribution in [0.1, 0.15) is 38.3 Å². The lowest BCUT2D eigenvalue weighted by molar-refractivity contribution is -0.162. The minimum Gasteiger partial charge on any atom is -0.461 e. The van der Waals surface area contributed by atoms with Gasteiger partial charge < -0.3 is 19.5 Å². The number of ether oxygens (including phenoxy) is 3. The molecule has 7 heteroatoms. The Balaban J connectivity index is 1.91. The first-order valence-corrected chi connectivity index (χ1v) is 10.1. The molecule has 0 aliphatic carbocycles. The van der Waals surface area contributed by atoms with Crippen LogP contribution < -0.4 is 5.32 Å². The molecule has 7 nitrogen and oxygen atoms in total. The van der Waals surface area contributed by atoms with E-state index in [0.29, 0.717) is 0 Å². The Bertz CT molecular complexity index is 845. The van der Waals surface area contributed by atoms with Crippen LogP contribution in [0.5, 0.6) is 0 Å². The highest BCUT2D eigenvalue weighted by molar-refractivity contribution is 5.81. The van der Waals surface area contributed by atoms with Crippen LogP contribution in [0.4, 0.5) is 4.79 Å². The smallest absolute Gasteiger partial charge is 0.407 e. The zero-order valence-corrected chi connectivity index (χ0v) is 18.1. The van der Waals surface area contributed by atoms with Gasteiger partial charge in [-0.25, -0.2) is 4.79 Å². The van der Waals surface area contributed by atoms with Crippen LogP contribution in [-0.4, -0.2) is 30.2 Å². The maximum absolute atomic E-state index is 12.6. The van der Waals surface area contributed by atoms with Crippen molar-refractivity contribution in [3.05, 3.63) is 71.8 Å². The van der Waals surface area contributed by atoms with Crippen molar-refractivity contribution in [3.8, 4) is 0 Å². The van der Waals surface area contributed by atoms with E-state index in [1.807, 2.05) is 60.7 Å². The Morgan fingerprint density at radius 1 is 0.839 bits per heavy atom. The zero-order chi connectivity index (χ0) is 22.7. The standard InChI is InChI=1S/C24H29NO6/c1-24(2,3)31-21(26)14-20(22(27)29-16-18-10-6-4-7-11-18)15-25-23(28)30-17-19-12-8-5-9-13-19/h4-13,20H,14-17H2,1-3H3,(H,25,28)/t20-/m0/s1. The van der Waals surface area contributed by atoms with Gasteiger partial charge in [0.1, 0.15) is 18.8 Å². The fourth-order valence-electron chi connectivity index (χ4n) is 2.65. The first-order valence-electron chi connectivity index (χ1n) is 10.1. The number of rotatable bonds is 9. The lowest BCUT2D eigenvalue weighted by Crippen LogP contribution is -2.36. The highest BCUT2D eigenvalue weighted by Gasteiger charge is 2.27. The molecule has 2 aromatic carbocycles. The Hall–Kier alpha value is -3.35. The van der Waals surface area contributed by atoms with E-state index >= 15 is 0 Å². The van der Waals surface area contributed by atoms with Crippen molar-refractivity contribution in [1.82, 2.24) is 5.32 Å². The number of alkyl carbamates (subject to hydrolysis) is 1. The van der Waals surface area contributed by atoms with Crippen LogP contribution in [0.3, 0.4) is 0 Å². The molecular weight excluding hydrogens is 398 g/mol. The van der Waals surface area contributed by atoms with E-state index in [-0.39, 0.29) is 26.2 Å². The normalized spacial score (nSPS) is 11.8. The molecule has 31 heavy (non-hydrogen) atoms. The molecule has 0 aliphatic heterocycles. The Kier molecular flexibility index (Phi) is 9.06. The highest BCUT2D eigenvalue weighted by Crippen LogP contribution is 2.14. The summed E-state index contributed by atoms with van der Waals surface area (Å²) < 4.78 is 15.8. The van der Waals surface area contributed by atoms with Gasteiger partial charge in [-0.15, -0.1) is 0 Å². The number of hydrogen-bond donors (Lipinski definition) is 1. The summed E-state index contributed by atoms with van der Waals surface area (Å²) in [4.78, 5) is 36.9. The number of hydrogen-bond acceptors (Lipinski definition) is 6. The molecule has 0 saturated heterocycles. The topological polar surface area (TPSA) is 90.9 Å². The second-order valence-electron chi connectivity index (χ2n) is 8.02. The molecule has 0 spiro atoms. The van der Waals surface area contributed by atoms with E-state index in [1.54, 1.807) is 20.8 Å². The number of carbonyl (C=O) groups is 3. The minimum absolute atomic E-state index is 0.0724. The van der Waals surface area contributed by atoms with Crippen LogP contribution in [0.25, 0.3) is 0 Å². The Morgan fingerprint density at radius 2 is 1.35 bits per heavy atom. The van der Waals surface area contributed by atoms with Crippen molar-refractivity contribution in [2.75, 3.05) is 6.54 Å². The van der Waals surface area contributed by atoms with E-state index in [4.69, 9.17) is 14.2 Å². The second kappa shape index (κ2) is 11.7. The predicted molar refractivity (Wildman–Crippen MR) is 115 cm³/mol. The predicted octanol–water partition coefficient (Wildman–Crippen LogP) is 4.00. The summed E-state index contributed by atoms with van der Waals surface area (Å²) in [5.41, 5.74) is 0.977. The SMILES string of the molecule is CC(C)(C)OC(=O)C[C@@H](CNC(=O)OCc1ccccc1)C(=O)OCc1ccccc1. The maximum Gasteiger partial charge on any atom is 0.407 e. The summed E-state index contributed by atoms with van der Waals surface area (Å²) >= 11 is 0. The number of esters is 2. The quantitative estimate of drug-likeness (QED) is 0.480. The third kappa shape index (κ3) is 9.80. The molecule has 0 bridgehead atoms. The van der Waals surface area contributed by atoms with Gasteiger partial charge in [0.15, 0.2) is 0 Å². The summed E-state index contributed by atoms with van der Waals surface area (Å²) in [6.07, 6.45) is -0.905. The largest absolute Gasteiger partial charge is 0.461 e. The summed E-state index contributed by atoms with van der Waals surface area (Å²) in [6, 6.07) is 18.4. The molecule has 0 unspecified atom stereocenters.